The van der Waals surface area contributed by atoms with Gasteiger partial charge in [-0.3, -0.25) is 4.79 Å². The van der Waals surface area contributed by atoms with Crippen molar-refractivity contribution in [3.8, 4) is 0 Å². The van der Waals surface area contributed by atoms with Crippen LogP contribution in [0, 0.1) is 5.82 Å². The summed E-state index contributed by atoms with van der Waals surface area (Å²) in [5, 5.41) is 0. The Morgan fingerprint density at radius 3 is 2.71 bits per heavy atom. The van der Waals surface area contributed by atoms with Gasteiger partial charge in [0.25, 0.3) is 0 Å². The summed E-state index contributed by atoms with van der Waals surface area (Å²) in [5.41, 5.74) is 0.718. The number of ether oxygens (including phenoxy) is 1. The van der Waals surface area contributed by atoms with Crippen molar-refractivity contribution in [1.29, 1.82) is 0 Å². The summed E-state index contributed by atoms with van der Waals surface area (Å²) in [6.45, 7) is 0. The Morgan fingerprint density at radius 2 is 2.12 bits per heavy atom. The molecule has 0 saturated heterocycles. The summed E-state index contributed by atoms with van der Waals surface area (Å²) in [4.78, 5) is 11.5. The molecule has 2 rings (SSSR count). The van der Waals surface area contributed by atoms with Crippen LogP contribution in [0.4, 0.5) is 4.39 Å². The Labute approximate surface area is 101 Å². The molecule has 0 atom stereocenters. The standard InChI is InChI=1S/C14H17FO2/c1-17-13(16)10-14(7-2-3-8-14)11-5-4-6-12(15)9-11/h4-6,9H,2-3,7-8,10H2,1H3. The fourth-order valence-electron chi connectivity index (χ4n) is 2.79. The molecule has 0 aliphatic heterocycles. The Balaban J connectivity index is 2.30. The van der Waals surface area contributed by atoms with Crippen molar-refractivity contribution in [3.05, 3.63) is 35.6 Å². The summed E-state index contributed by atoms with van der Waals surface area (Å²) in [5.74, 6) is -0.449. The van der Waals surface area contributed by atoms with Gasteiger partial charge in [0, 0.05) is 5.41 Å². The Hall–Kier alpha value is -1.38. The zero-order valence-corrected chi connectivity index (χ0v) is 10.0. The van der Waals surface area contributed by atoms with Crippen LogP contribution in [0.3, 0.4) is 0 Å². The van der Waals surface area contributed by atoms with Gasteiger partial charge < -0.3 is 4.74 Å². The van der Waals surface area contributed by atoms with Crippen LogP contribution in [0.2, 0.25) is 0 Å². The van der Waals surface area contributed by atoms with Gasteiger partial charge in [-0.2, -0.15) is 0 Å². The summed E-state index contributed by atoms with van der Waals surface area (Å²) in [6, 6.07) is 6.61. The number of carbonyl (C=O) groups is 1. The van der Waals surface area contributed by atoms with Crippen LogP contribution in [0.25, 0.3) is 0 Å². The van der Waals surface area contributed by atoms with Crippen molar-refractivity contribution in [1.82, 2.24) is 0 Å². The first-order valence-electron chi connectivity index (χ1n) is 5.99. The highest BCUT2D eigenvalue weighted by Gasteiger charge is 2.38. The minimum absolute atomic E-state index is 0.212. The molecule has 92 valence electrons. The van der Waals surface area contributed by atoms with Gasteiger partial charge >= 0.3 is 5.97 Å². The highest BCUT2D eigenvalue weighted by Crippen LogP contribution is 2.44. The Bertz CT molecular complexity index is 408. The molecule has 3 heteroatoms. The van der Waals surface area contributed by atoms with Gasteiger partial charge in [0.05, 0.1) is 13.5 Å². The van der Waals surface area contributed by atoms with Gasteiger partial charge in [0.2, 0.25) is 0 Å². The largest absolute Gasteiger partial charge is 0.469 e. The summed E-state index contributed by atoms with van der Waals surface area (Å²) >= 11 is 0. The summed E-state index contributed by atoms with van der Waals surface area (Å²) in [7, 11) is 1.40. The van der Waals surface area contributed by atoms with Gasteiger partial charge in [0.1, 0.15) is 5.82 Å². The average molecular weight is 236 g/mol. The second-order valence-corrected chi connectivity index (χ2v) is 4.75. The van der Waals surface area contributed by atoms with Gasteiger partial charge in [-0.05, 0) is 30.5 Å². The number of benzene rings is 1. The molecular weight excluding hydrogens is 219 g/mol. The number of hydrogen-bond acceptors (Lipinski definition) is 2. The van der Waals surface area contributed by atoms with E-state index in [2.05, 4.69) is 0 Å². The summed E-state index contributed by atoms with van der Waals surface area (Å²) in [6.07, 6.45) is 4.41. The number of halogens is 1. The normalized spacial score (nSPS) is 18.0. The molecule has 0 bridgehead atoms. The lowest BCUT2D eigenvalue weighted by atomic mass is 9.76. The van der Waals surface area contributed by atoms with Crippen LogP contribution in [-0.4, -0.2) is 13.1 Å². The number of rotatable bonds is 3. The highest BCUT2D eigenvalue weighted by molar-refractivity contribution is 5.71. The predicted molar refractivity (Wildman–Crippen MR) is 63.2 cm³/mol. The van der Waals surface area contributed by atoms with Gasteiger partial charge in [-0.25, -0.2) is 4.39 Å². The molecule has 1 fully saturated rings. The van der Waals surface area contributed by atoms with E-state index in [0.717, 1.165) is 31.2 Å². The molecule has 1 saturated carbocycles. The molecular formula is C14H17FO2. The molecule has 0 heterocycles. The van der Waals surface area contributed by atoms with Crippen LogP contribution in [0.5, 0.6) is 0 Å². The van der Waals surface area contributed by atoms with E-state index in [-0.39, 0.29) is 17.2 Å². The second kappa shape index (κ2) is 4.86. The van der Waals surface area contributed by atoms with Crippen molar-refractivity contribution < 1.29 is 13.9 Å². The monoisotopic (exact) mass is 236 g/mol. The SMILES string of the molecule is COC(=O)CC1(c2cccc(F)c2)CCCC1. The number of methoxy groups -OCH3 is 1. The van der Waals surface area contributed by atoms with E-state index in [4.69, 9.17) is 4.74 Å². The molecule has 1 aliphatic rings. The van der Waals surface area contributed by atoms with E-state index in [0.29, 0.717) is 6.42 Å². The minimum atomic E-state index is -0.237. The molecule has 2 nitrogen and oxygen atoms in total. The van der Waals surface area contributed by atoms with Crippen LogP contribution in [-0.2, 0) is 14.9 Å². The quantitative estimate of drug-likeness (QED) is 0.753. The topological polar surface area (TPSA) is 26.3 Å². The van der Waals surface area contributed by atoms with E-state index in [9.17, 15) is 9.18 Å². The lowest BCUT2D eigenvalue weighted by molar-refractivity contribution is -0.142. The third kappa shape index (κ3) is 2.48. The molecule has 0 aromatic heterocycles. The van der Waals surface area contributed by atoms with Crippen LogP contribution in [0.1, 0.15) is 37.7 Å². The van der Waals surface area contributed by atoms with Crippen molar-refractivity contribution in [3.63, 3.8) is 0 Å². The second-order valence-electron chi connectivity index (χ2n) is 4.75. The van der Waals surface area contributed by atoms with Gasteiger partial charge in [0.15, 0.2) is 0 Å². The number of hydrogen-bond donors (Lipinski definition) is 0. The summed E-state index contributed by atoms with van der Waals surface area (Å²) < 4.78 is 18.0. The third-order valence-electron chi connectivity index (χ3n) is 3.71. The van der Waals surface area contributed by atoms with E-state index in [1.165, 1.54) is 13.2 Å². The molecule has 1 aromatic carbocycles. The molecule has 0 unspecified atom stereocenters. The molecule has 0 amide bonds. The molecule has 17 heavy (non-hydrogen) atoms. The first kappa shape index (κ1) is 12.1. The van der Waals surface area contributed by atoms with Crippen LogP contribution in [0.15, 0.2) is 24.3 Å². The maximum atomic E-state index is 13.3. The maximum Gasteiger partial charge on any atom is 0.306 e. The average Bonchev–Trinajstić information content (AvgIpc) is 2.79. The van der Waals surface area contributed by atoms with E-state index >= 15 is 0 Å². The molecule has 0 radical (unpaired) electrons. The number of esters is 1. The van der Waals surface area contributed by atoms with Gasteiger partial charge in [-0.15, -0.1) is 0 Å². The van der Waals surface area contributed by atoms with Crippen LogP contribution >= 0.6 is 0 Å². The minimum Gasteiger partial charge on any atom is -0.469 e. The lowest BCUT2D eigenvalue weighted by Crippen LogP contribution is -2.26. The van der Waals surface area contributed by atoms with Crippen LogP contribution < -0.4 is 0 Å². The zero-order chi connectivity index (χ0) is 12.3. The first-order valence-corrected chi connectivity index (χ1v) is 5.99. The highest BCUT2D eigenvalue weighted by atomic mass is 19.1. The Kier molecular flexibility index (Phi) is 3.46. The van der Waals surface area contributed by atoms with Gasteiger partial charge in [-0.1, -0.05) is 25.0 Å². The fourth-order valence-corrected chi connectivity index (χ4v) is 2.79. The van der Waals surface area contributed by atoms with E-state index in [1.54, 1.807) is 12.1 Å². The predicted octanol–water partition coefficient (Wildman–Crippen LogP) is 3.20. The Morgan fingerprint density at radius 1 is 1.41 bits per heavy atom. The molecule has 1 aliphatic carbocycles. The number of carbonyl (C=O) groups excluding carboxylic acids is 1. The lowest BCUT2D eigenvalue weighted by Gasteiger charge is -2.28. The van der Waals surface area contributed by atoms with Crippen molar-refractivity contribution in [2.24, 2.45) is 0 Å². The molecule has 0 N–H and O–H groups in total. The fraction of sp³-hybridized carbons (Fsp3) is 0.500. The third-order valence-corrected chi connectivity index (χ3v) is 3.71. The van der Waals surface area contributed by atoms with E-state index in [1.807, 2.05) is 6.07 Å². The molecule has 0 spiro atoms. The van der Waals surface area contributed by atoms with Crippen molar-refractivity contribution in [2.75, 3.05) is 7.11 Å². The first-order chi connectivity index (χ1) is 8.16. The van der Waals surface area contributed by atoms with Crippen molar-refractivity contribution in [2.45, 2.75) is 37.5 Å². The van der Waals surface area contributed by atoms with Crippen molar-refractivity contribution >= 4 is 5.97 Å². The zero-order valence-electron chi connectivity index (χ0n) is 10.0. The smallest absolute Gasteiger partial charge is 0.306 e. The molecule has 1 aromatic rings. The van der Waals surface area contributed by atoms with E-state index < -0.39 is 0 Å². The maximum absolute atomic E-state index is 13.3.